The van der Waals surface area contributed by atoms with E-state index in [2.05, 4.69) is 16.8 Å². The van der Waals surface area contributed by atoms with Crippen molar-refractivity contribution in [2.24, 2.45) is 0 Å². The lowest BCUT2D eigenvalue weighted by atomic mass is 10.1. The molecule has 1 N–H and O–H groups in total. The van der Waals surface area contributed by atoms with Gasteiger partial charge < -0.3 is 9.88 Å². The first-order valence-electron chi connectivity index (χ1n) is 7.09. The quantitative estimate of drug-likeness (QED) is 0.831. The zero-order valence-electron chi connectivity index (χ0n) is 12.4. The number of unbranched alkanes of at least 4 members (excludes halogenated alkanes) is 2. The lowest BCUT2D eigenvalue weighted by Gasteiger charge is -2.14. The molecule has 0 unspecified atom stereocenters. The summed E-state index contributed by atoms with van der Waals surface area (Å²) in [6.07, 6.45) is 3.28. The van der Waals surface area contributed by atoms with E-state index in [1.807, 2.05) is 30.8 Å². The van der Waals surface area contributed by atoms with Gasteiger partial charge in [-0.1, -0.05) is 31.4 Å². The van der Waals surface area contributed by atoms with Gasteiger partial charge in [0.25, 0.3) is 0 Å². The number of nitrogens with zero attached hydrogens (tertiary/aromatic N) is 2. The highest BCUT2D eigenvalue weighted by Crippen LogP contribution is 2.25. The Kier molecular flexibility index (Phi) is 4.89. The van der Waals surface area contributed by atoms with E-state index in [9.17, 15) is 4.79 Å². The highest BCUT2D eigenvalue weighted by molar-refractivity contribution is 6.32. The average molecular weight is 296 g/mol. The molecular formula is C15H22ClN3O. The van der Waals surface area contributed by atoms with E-state index < -0.39 is 0 Å². The molecule has 0 aliphatic rings. The van der Waals surface area contributed by atoms with E-state index in [4.69, 9.17) is 11.6 Å². The predicted octanol–water partition coefficient (Wildman–Crippen LogP) is 3.23. The van der Waals surface area contributed by atoms with E-state index in [0.717, 1.165) is 54.0 Å². The molecule has 0 amide bonds. The van der Waals surface area contributed by atoms with Crippen LogP contribution in [-0.4, -0.2) is 28.5 Å². The summed E-state index contributed by atoms with van der Waals surface area (Å²) in [5.74, 6) is 0. The Morgan fingerprint density at radius 2 is 2.05 bits per heavy atom. The molecule has 0 radical (unpaired) electrons. The number of H-pyrrole nitrogens is 1. The van der Waals surface area contributed by atoms with Gasteiger partial charge in [-0.25, -0.2) is 4.79 Å². The Morgan fingerprint density at radius 1 is 1.30 bits per heavy atom. The maximum Gasteiger partial charge on any atom is 0.326 e. The minimum atomic E-state index is -0.0432. The maximum absolute atomic E-state index is 12.1. The summed E-state index contributed by atoms with van der Waals surface area (Å²) in [5.41, 5.74) is 2.79. The van der Waals surface area contributed by atoms with Gasteiger partial charge in [0, 0.05) is 23.7 Å². The summed E-state index contributed by atoms with van der Waals surface area (Å²) >= 11 is 6.33. The molecule has 0 bridgehead atoms. The van der Waals surface area contributed by atoms with Gasteiger partial charge in [-0.05, 0) is 32.6 Å². The van der Waals surface area contributed by atoms with Crippen LogP contribution >= 0.6 is 11.6 Å². The summed E-state index contributed by atoms with van der Waals surface area (Å²) in [5, 5.41) is 0.717. The number of imidazole rings is 1. The van der Waals surface area contributed by atoms with Gasteiger partial charge in [-0.15, -0.1) is 0 Å². The van der Waals surface area contributed by atoms with Crippen LogP contribution in [0.1, 0.15) is 31.7 Å². The van der Waals surface area contributed by atoms with Crippen LogP contribution in [0.25, 0.3) is 11.0 Å². The van der Waals surface area contributed by atoms with Gasteiger partial charge in [0.2, 0.25) is 0 Å². The Bertz CT molecular complexity index is 642. The minimum absolute atomic E-state index is 0.0432. The largest absolute Gasteiger partial charge is 0.326 e. The molecule has 2 aromatic rings. The highest BCUT2D eigenvalue weighted by atomic mass is 35.5. The molecule has 20 heavy (non-hydrogen) atoms. The third-order valence-electron chi connectivity index (χ3n) is 3.44. The second-order valence-corrected chi connectivity index (χ2v) is 5.86. The molecule has 2 rings (SSSR count). The van der Waals surface area contributed by atoms with E-state index in [1.165, 1.54) is 0 Å². The van der Waals surface area contributed by atoms with Crippen molar-refractivity contribution in [3.8, 4) is 0 Å². The number of rotatable bonds is 6. The molecule has 0 aliphatic heterocycles. The van der Waals surface area contributed by atoms with Crippen molar-refractivity contribution in [1.29, 1.82) is 0 Å². The molecule has 0 saturated carbocycles. The molecule has 1 heterocycles. The minimum Gasteiger partial charge on any atom is -0.306 e. The molecule has 110 valence electrons. The molecule has 1 aromatic heterocycles. The first-order chi connectivity index (χ1) is 9.54. The topological polar surface area (TPSA) is 41.0 Å². The number of fused-ring (bicyclic) bond motifs is 1. The van der Waals surface area contributed by atoms with Crippen molar-refractivity contribution in [1.82, 2.24) is 14.5 Å². The van der Waals surface area contributed by atoms with Gasteiger partial charge in [0.1, 0.15) is 0 Å². The number of aryl methyl sites for hydroxylation is 1. The standard InChI is InChI=1S/C15H22ClN3O/c1-4-5-6-9-19-14-11(10-18(2)3)12(16)7-8-13(14)17-15(19)20/h7-8H,4-6,9-10H2,1-3H3,(H,17,20). The van der Waals surface area contributed by atoms with Crippen LogP contribution in [-0.2, 0) is 13.1 Å². The van der Waals surface area contributed by atoms with Gasteiger partial charge >= 0.3 is 5.69 Å². The Morgan fingerprint density at radius 3 is 2.70 bits per heavy atom. The normalized spacial score (nSPS) is 11.7. The van der Waals surface area contributed by atoms with Crippen LogP contribution in [0.15, 0.2) is 16.9 Å². The van der Waals surface area contributed by atoms with Crippen molar-refractivity contribution in [3.63, 3.8) is 0 Å². The number of aromatic amines is 1. The van der Waals surface area contributed by atoms with Gasteiger partial charge in [-0.3, -0.25) is 4.57 Å². The van der Waals surface area contributed by atoms with E-state index in [1.54, 1.807) is 0 Å². The SMILES string of the molecule is CCCCCn1c(=O)[nH]c2ccc(Cl)c(CN(C)C)c21. The monoisotopic (exact) mass is 295 g/mol. The fourth-order valence-electron chi connectivity index (χ4n) is 2.50. The van der Waals surface area contributed by atoms with Crippen LogP contribution < -0.4 is 5.69 Å². The van der Waals surface area contributed by atoms with Crippen molar-refractivity contribution in [2.75, 3.05) is 14.1 Å². The zero-order valence-corrected chi connectivity index (χ0v) is 13.1. The number of hydrogen-bond acceptors (Lipinski definition) is 2. The fourth-order valence-corrected chi connectivity index (χ4v) is 2.72. The van der Waals surface area contributed by atoms with E-state index in [0.29, 0.717) is 0 Å². The van der Waals surface area contributed by atoms with Crippen molar-refractivity contribution < 1.29 is 0 Å². The molecule has 0 aliphatic carbocycles. The number of aromatic nitrogens is 2. The van der Waals surface area contributed by atoms with Crippen molar-refractivity contribution in [3.05, 3.63) is 33.2 Å². The maximum atomic E-state index is 12.1. The molecule has 0 spiro atoms. The zero-order chi connectivity index (χ0) is 14.7. The van der Waals surface area contributed by atoms with Crippen LogP contribution in [0.4, 0.5) is 0 Å². The molecule has 0 atom stereocenters. The molecular weight excluding hydrogens is 274 g/mol. The molecule has 0 fully saturated rings. The van der Waals surface area contributed by atoms with Gasteiger partial charge in [0.15, 0.2) is 0 Å². The van der Waals surface area contributed by atoms with Crippen LogP contribution in [0, 0.1) is 0 Å². The van der Waals surface area contributed by atoms with Crippen LogP contribution in [0.3, 0.4) is 0 Å². The van der Waals surface area contributed by atoms with Gasteiger partial charge in [-0.2, -0.15) is 0 Å². The van der Waals surface area contributed by atoms with E-state index in [-0.39, 0.29) is 5.69 Å². The lowest BCUT2D eigenvalue weighted by Crippen LogP contribution is -2.18. The average Bonchev–Trinajstić information content (AvgIpc) is 2.70. The number of halogens is 1. The molecule has 4 nitrogen and oxygen atoms in total. The number of hydrogen-bond donors (Lipinski definition) is 1. The summed E-state index contributed by atoms with van der Waals surface area (Å²) in [4.78, 5) is 17.1. The summed E-state index contributed by atoms with van der Waals surface area (Å²) in [7, 11) is 4.00. The summed E-state index contributed by atoms with van der Waals surface area (Å²) in [6, 6.07) is 3.74. The summed E-state index contributed by atoms with van der Waals surface area (Å²) in [6.45, 7) is 3.63. The second-order valence-electron chi connectivity index (χ2n) is 5.45. The van der Waals surface area contributed by atoms with Crippen LogP contribution in [0.5, 0.6) is 0 Å². The predicted molar refractivity (Wildman–Crippen MR) is 84.5 cm³/mol. The first-order valence-corrected chi connectivity index (χ1v) is 7.47. The molecule has 0 saturated heterocycles. The highest BCUT2D eigenvalue weighted by Gasteiger charge is 2.14. The Labute approximate surface area is 124 Å². The first kappa shape index (κ1) is 15.1. The lowest BCUT2D eigenvalue weighted by molar-refractivity contribution is 0.403. The number of nitrogens with one attached hydrogen (secondary N) is 1. The van der Waals surface area contributed by atoms with Crippen molar-refractivity contribution >= 4 is 22.6 Å². The Balaban J connectivity index is 2.52. The van der Waals surface area contributed by atoms with E-state index >= 15 is 0 Å². The van der Waals surface area contributed by atoms with Crippen molar-refractivity contribution in [2.45, 2.75) is 39.3 Å². The van der Waals surface area contributed by atoms with Gasteiger partial charge in [0.05, 0.1) is 11.0 Å². The Hall–Kier alpha value is -1.26. The molecule has 5 heteroatoms. The summed E-state index contributed by atoms with van der Waals surface area (Å²) < 4.78 is 1.83. The molecule has 1 aromatic carbocycles. The fraction of sp³-hybridized carbons (Fsp3) is 0.533. The number of benzene rings is 1. The smallest absolute Gasteiger partial charge is 0.306 e. The third kappa shape index (κ3) is 3.07. The third-order valence-corrected chi connectivity index (χ3v) is 3.80. The van der Waals surface area contributed by atoms with Crippen LogP contribution in [0.2, 0.25) is 5.02 Å². The second kappa shape index (κ2) is 6.46.